The Labute approximate surface area is 151 Å². The number of sulfonamides is 1. The Morgan fingerprint density at radius 2 is 1.61 bits per heavy atom. The second-order valence-electron chi connectivity index (χ2n) is 4.58. The molecule has 0 aliphatic carbocycles. The van der Waals surface area contributed by atoms with Crippen molar-refractivity contribution in [3.8, 4) is 0 Å². The molecule has 3 rings (SSSR count). The van der Waals surface area contributed by atoms with Crippen LogP contribution in [0.1, 0.15) is 0 Å². The number of para-hydroxylation sites is 1. The molecule has 0 bridgehead atoms. The molecule has 0 aliphatic rings. The molecule has 3 aromatic rings. The molecule has 0 amide bonds. The first kappa shape index (κ1) is 16.6. The van der Waals surface area contributed by atoms with Crippen molar-refractivity contribution in [2.24, 2.45) is 0 Å². The summed E-state index contributed by atoms with van der Waals surface area (Å²) in [6.45, 7) is 0. The Morgan fingerprint density at radius 3 is 2.30 bits per heavy atom. The average molecular weight is 426 g/mol. The molecule has 0 radical (unpaired) electrons. The normalized spacial score (nSPS) is 11.3. The van der Waals surface area contributed by atoms with Gasteiger partial charge < -0.3 is 0 Å². The molecule has 7 heteroatoms. The Balaban J connectivity index is 1.89. The third-order valence-electron chi connectivity index (χ3n) is 2.92. The fourth-order valence-electron chi connectivity index (χ4n) is 1.89. The van der Waals surface area contributed by atoms with Gasteiger partial charge in [-0.15, -0.1) is 11.3 Å². The van der Waals surface area contributed by atoms with E-state index in [4.69, 9.17) is 0 Å². The first-order valence-corrected chi connectivity index (χ1v) is 10.6. The van der Waals surface area contributed by atoms with Gasteiger partial charge in [0.05, 0.1) is 9.47 Å². The van der Waals surface area contributed by atoms with Gasteiger partial charge in [0.2, 0.25) is 0 Å². The van der Waals surface area contributed by atoms with Crippen molar-refractivity contribution in [3.63, 3.8) is 0 Å². The van der Waals surface area contributed by atoms with Gasteiger partial charge in [-0.1, -0.05) is 42.1 Å². The maximum Gasteiger partial charge on any atom is 0.271 e. The minimum Gasteiger partial charge on any atom is -0.278 e. The number of nitrogens with one attached hydrogen (secondary N) is 1. The van der Waals surface area contributed by atoms with Crippen LogP contribution >= 0.6 is 39.0 Å². The number of hydrogen-bond donors (Lipinski definition) is 1. The number of hydrogen-bond acceptors (Lipinski definition) is 4. The topological polar surface area (TPSA) is 46.2 Å². The zero-order valence-corrected chi connectivity index (χ0v) is 15.8. The second-order valence-corrected chi connectivity index (χ2v) is 10.1. The van der Waals surface area contributed by atoms with Crippen molar-refractivity contribution >= 4 is 54.7 Å². The van der Waals surface area contributed by atoms with E-state index in [1.807, 2.05) is 48.5 Å². The summed E-state index contributed by atoms with van der Waals surface area (Å²) in [5, 5.41) is 0. The van der Waals surface area contributed by atoms with Gasteiger partial charge >= 0.3 is 0 Å². The van der Waals surface area contributed by atoms with Crippen LogP contribution in [0, 0.1) is 0 Å². The van der Waals surface area contributed by atoms with E-state index in [0.29, 0.717) is 5.69 Å². The van der Waals surface area contributed by atoms with E-state index in [1.54, 1.807) is 18.2 Å². The van der Waals surface area contributed by atoms with E-state index in [2.05, 4.69) is 20.7 Å². The number of anilines is 1. The van der Waals surface area contributed by atoms with Gasteiger partial charge in [-0.05, 0) is 52.3 Å². The second kappa shape index (κ2) is 7.09. The van der Waals surface area contributed by atoms with Crippen molar-refractivity contribution in [3.05, 3.63) is 70.5 Å². The maximum atomic E-state index is 12.5. The van der Waals surface area contributed by atoms with E-state index in [-0.39, 0.29) is 4.21 Å². The lowest BCUT2D eigenvalue weighted by Gasteiger charge is -2.11. The van der Waals surface area contributed by atoms with Gasteiger partial charge in [0, 0.05) is 9.79 Å². The Morgan fingerprint density at radius 1 is 0.913 bits per heavy atom. The molecular formula is C16H12BrNO2S3. The van der Waals surface area contributed by atoms with E-state index in [9.17, 15) is 8.42 Å². The number of thiophene rings is 1. The highest BCUT2D eigenvalue weighted by Crippen LogP contribution is 2.35. The van der Waals surface area contributed by atoms with E-state index in [1.165, 1.54) is 23.1 Å². The summed E-state index contributed by atoms with van der Waals surface area (Å²) >= 11 is 6.00. The zero-order valence-electron chi connectivity index (χ0n) is 11.8. The predicted octanol–water partition coefficient (Wildman–Crippen LogP) is 5.46. The lowest BCUT2D eigenvalue weighted by molar-refractivity contribution is 0.603. The summed E-state index contributed by atoms with van der Waals surface area (Å²) in [6.07, 6.45) is 0. The lowest BCUT2D eigenvalue weighted by atomic mass is 10.3. The molecule has 3 nitrogen and oxygen atoms in total. The van der Waals surface area contributed by atoms with Crippen molar-refractivity contribution in [2.45, 2.75) is 14.0 Å². The maximum absolute atomic E-state index is 12.5. The van der Waals surface area contributed by atoms with Gasteiger partial charge in [0.25, 0.3) is 10.0 Å². The molecular weight excluding hydrogens is 414 g/mol. The molecule has 0 unspecified atom stereocenters. The predicted molar refractivity (Wildman–Crippen MR) is 99.8 cm³/mol. The van der Waals surface area contributed by atoms with Crippen molar-refractivity contribution in [1.29, 1.82) is 0 Å². The van der Waals surface area contributed by atoms with Gasteiger partial charge in [-0.2, -0.15) is 0 Å². The molecule has 1 N–H and O–H groups in total. The first-order chi connectivity index (χ1) is 11.0. The number of benzene rings is 2. The summed E-state index contributed by atoms with van der Waals surface area (Å²) < 4.78 is 28.7. The largest absolute Gasteiger partial charge is 0.278 e. The number of rotatable bonds is 5. The SMILES string of the molecule is O=S(=O)(Nc1ccccc1Sc1ccccc1)c1ccc(Br)s1. The lowest BCUT2D eigenvalue weighted by Crippen LogP contribution is -2.12. The van der Waals surface area contributed by atoms with Crippen molar-refractivity contribution < 1.29 is 8.42 Å². The highest BCUT2D eigenvalue weighted by atomic mass is 79.9. The minimum atomic E-state index is -3.58. The molecule has 0 aliphatic heterocycles. The van der Waals surface area contributed by atoms with Crippen LogP contribution in [-0.2, 0) is 10.0 Å². The molecule has 118 valence electrons. The van der Waals surface area contributed by atoms with Gasteiger partial charge in [-0.3, -0.25) is 4.72 Å². The highest BCUT2D eigenvalue weighted by molar-refractivity contribution is 9.11. The number of halogens is 1. The Kier molecular flexibility index (Phi) is 5.11. The molecule has 23 heavy (non-hydrogen) atoms. The van der Waals surface area contributed by atoms with E-state index < -0.39 is 10.0 Å². The monoisotopic (exact) mass is 425 g/mol. The smallest absolute Gasteiger partial charge is 0.271 e. The molecule has 1 heterocycles. The van der Waals surface area contributed by atoms with Crippen LogP contribution in [0.25, 0.3) is 0 Å². The van der Waals surface area contributed by atoms with Gasteiger partial charge in [-0.25, -0.2) is 8.42 Å². The summed E-state index contributed by atoms with van der Waals surface area (Å²) in [4.78, 5) is 1.91. The van der Waals surface area contributed by atoms with Crippen LogP contribution in [0.3, 0.4) is 0 Å². The zero-order chi connectivity index (χ0) is 16.3. The molecule has 0 spiro atoms. The third-order valence-corrected chi connectivity index (χ3v) is 7.48. The van der Waals surface area contributed by atoms with Crippen molar-refractivity contribution in [1.82, 2.24) is 0 Å². The fraction of sp³-hybridized carbons (Fsp3) is 0. The summed E-state index contributed by atoms with van der Waals surface area (Å²) in [5.41, 5.74) is 0.575. The molecule has 0 fully saturated rings. The Hall–Kier alpha value is -1.28. The molecule has 0 saturated heterocycles. The fourth-order valence-corrected chi connectivity index (χ4v) is 5.97. The minimum absolute atomic E-state index is 0.281. The van der Waals surface area contributed by atoms with Gasteiger partial charge in [0.1, 0.15) is 4.21 Å². The summed E-state index contributed by atoms with van der Waals surface area (Å²) in [5.74, 6) is 0. The van der Waals surface area contributed by atoms with Crippen LogP contribution in [0.15, 0.2) is 84.5 Å². The molecule has 1 aromatic heterocycles. The van der Waals surface area contributed by atoms with Crippen LogP contribution < -0.4 is 4.72 Å². The van der Waals surface area contributed by atoms with Gasteiger partial charge in [0.15, 0.2) is 0 Å². The molecule has 0 atom stereocenters. The third kappa shape index (κ3) is 4.17. The van der Waals surface area contributed by atoms with Crippen LogP contribution in [0.4, 0.5) is 5.69 Å². The average Bonchev–Trinajstić information content (AvgIpc) is 2.98. The van der Waals surface area contributed by atoms with Crippen LogP contribution in [0.5, 0.6) is 0 Å². The molecule has 2 aromatic carbocycles. The Bertz CT molecular complexity index is 908. The van der Waals surface area contributed by atoms with E-state index in [0.717, 1.165) is 13.6 Å². The summed E-state index contributed by atoms with van der Waals surface area (Å²) in [6, 6.07) is 20.5. The van der Waals surface area contributed by atoms with Crippen molar-refractivity contribution in [2.75, 3.05) is 4.72 Å². The van der Waals surface area contributed by atoms with Crippen LogP contribution in [-0.4, -0.2) is 8.42 Å². The molecule has 0 saturated carbocycles. The van der Waals surface area contributed by atoms with Crippen LogP contribution in [0.2, 0.25) is 0 Å². The highest BCUT2D eigenvalue weighted by Gasteiger charge is 2.18. The quantitative estimate of drug-likeness (QED) is 0.589. The standard InChI is InChI=1S/C16H12BrNO2S3/c17-15-10-11-16(22-15)23(19,20)18-13-8-4-5-9-14(13)21-12-6-2-1-3-7-12/h1-11,18H. The first-order valence-electron chi connectivity index (χ1n) is 6.65. The van der Waals surface area contributed by atoms with E-state index >= 15 is 0 Å². The summed E-state index contributed by atoms with van der Waals surface area (Å²) in [7, 11) is -3.58.